The summed E-state index contributed by atoms with van der Waals surface area (Å²) in [5.74, 6) is 0. The van der Waals surface area contributed by atoms with Gasteiger partial charge in [0, 0.05) is 35.1 Å². The van der Waals surface area contributed by atoms with Crippen LogP contribution in [-0.4, -0.2) is 31.1 Å². The van der Waals surface area contributed by atoms with Crippen molar-refractivity contribution >= 4 is 22.6 Å². The number of benzene rings is 1. The molecule has 5 heteroatoms. The monoisotopic (exact) mass is 362 g/mol. The van der Waals surface area contributed by atoms with Gasteiger partial charge in [-0.3, -0.25) is 0 Å². The van der Waals surface area contributed by atoms with E-state index in [1.165, 1.54) is 32.1 Å². The maximum absolute atomic E-state index is 11.9. The molecule has 25 heavy (non-hydrogen) atoms. The molecule has 136 valence electrons. The van der Waals surface area contributed by atoms with E-state index in [2.05, 4.69) is 24.3 Å². The molecule has 0 saturated heterocycles. The number of rotatable bonds is 5. The van der Waals surface area contributed by atoms with Gasteiger partial charge in [-0.2, -0.15) is 0 Å². The Morgan fingerprint density at radius 1 is 1.20 bits per heavy atom. The zero-order valence-electron chi connectivity index (χ0n) is 15.3. The Morgan fingerprint density at radius 2 is 1.92 bits per heavy atom. The van der Waals surface area contributed by atoms with Gasteiger partial charge in [-0.15, -0.1) is 0 Å². The first-order valence-electron chi connectivity index (χ1n) is 9.02. The standard InChI is InChI=1S/C20H27ClN2O2/c1-14-9-18-16(11-17(14)21)15(10-19(24)25-18)12-22-13-20(23(2)3)7-5-4-6-8-20/h9-11,22H,4-8,12-13H2,1-3H3. The van der Waals surface area contributed by atoms with Gasteiger partial charge in [0.25, 0.3) is 0 Å². The van der Waals surface area contributed by atoms with E-state index in [0.29, 0.717) is 17.2 Å². The molecule has 1 aliphatic rings. The van der Waals surface area contributed by atoms with Crippen LogP contribution in [0.15, 0.2) is 27.4 Å². The number of nitrogens with one attached hydrogen (secondary N) is 1. The Balaban J connectivity index is 1.81. The van der Waals surface area contributed by atoms with Crippen molar-refractivity contribution in [3.63, 3.8) is 0 Å². The number of halogens is 1. The summed E-state index contributed by atoms with van der Waals surface area (Å²) in [6.45, 7) is 3.47. The van der Waals surface area contributed by atoms with Crippen LogP contribution in [-0.2, 0) is 6.54 Å². The fourth-order valence-electron chi connectivity index (χ4n) is 3.92. The first-order chi connectivity index (χ1) is 11.9. The van der Waals surface area contributed by atoms with Crippen molar-refractivity contribution in [2.75, 3.05) is 20.6 Å². The second-order valence-corrected chi connectivity index (χ2v) is 7.88. The fourth-order valence-corrected chi connectivity index (χ4v) is 4.08. The van der Waals surface area contributed by atoms with Crippen molar-refractivity contribution < 1.29 is 4.42 Å². The van der Waals surface area contributed by atoms with Crippen LogP contribution in [0.2, 0.25) is 5.02 Å². The van der Waals surface area contributed by atoms with Crippen molar-refractivity contribution in [3.05, 3.63) is 44.8 Å². The Bertz CT molecular complexity index is 807. The second kappa shape index (κ2) is 7.48. The average Bonchev–Trinajstić information content (AvgIpc) is 2.57. The van der Waals surface area contributed by atoms with Crippen LogP contribution in [0.3, 0.4) is 0 Å². The highest BCUT2D eigenvalue weighted by Crippen LogP contribution is 2.32. The molecule has 1 aliphatic carbocycles. The normalized spacial score (nSPS) is 17.3. The summed E-state index contributed by atoms with van der Waals surface area (Å²) in [5.41, 5.74) is 2.35. The molecule has 1 heterocycles. The summed E-state index contributed by atoms with van der Waals surface area (Å²) >= 11 is 6.27. The number of likely N-dealkylation sites (N-methyl/N-ethyl adjacent to an activating group) is 1. The summed E-state index contributed by atoms with van der Waals surface area (Å²) in [6, 6.07) is 5.31. The minimum Gasteiger partial charge on any atom is -0.423 e. The van der Waals surface area contributed by atoms with Crippen LogP contribution in [0.4, 0.5) is 0 Å². The second-order valence-electron chi connectivity index (χ2n) is 7.47. The topological polar surface area (TPSA) is 45.5 Å². The molecule has 0 unspecified atom stereocenters. The lowest BCUT2D eigenvalue weighted by Gasteiger charge is -2.43. The zero-order chi connectivity index (χ0) is 18.0. The molecule has 0 bridgehead atoms. The van der Waals surface area contributed by atoms with Gasteiger partial charge >= 0.3 is 5.63 Å². The molecule has 1 aromatic carbocycles. The third-order valence-electron chi connectivity index (χ3n) is 5.61. The zero-order valence-corrected chi connectivity index (χ0v) is 16.1. The predicted octanol–water partition coefficient (Wildman–Crippen LogP) is 4.11. The predicted molar refractivity (Wildman–Crippen MR) is 103 cm³/mol. The summed E-state index contributed by atoms with van der Waals surface area (Å²) < 4.78 is 5.34. The van der Waals surface area contributed by atoms with Gasteiger partial charge in [0.1, 0.15) is 5.58 Å². The largest absolute Gasteiger partial charge is 0.423 e. The van der Waals surface area contributed by atoms with Crippen LogP contribution in [0.5, 0.6) is 0 Å². The van der Waals surface area contributed by atoms with Crippen molar-refractivity contribution in [2.45, 2.75) is 51.1 Å². The van der Waals surface area contributed by atoms with Crippen LogP contribution < -0.4 is 10.9 Å². The number of fused-ring (bicyclic) bond motifs is 1. The van der Waals surface area contributed by atoms with Gasteiger partial charge < -0.3 is 14.6 Å². The summed E-state index contributed by atoms with van der Waals surface area (Å²) in [4.78, 5) is 14.3. The van der Waals surface area contributed by atoms with Crippen LogP contribution in [0.1, 0.15) is 43.2 Å². The fraction of sp³-hybridized carbons (Fsp3) is 0.550. The van der Waals surface area contributed by atoms with Crippen molar-refractivity contribution in [1.82, 2.24) is 10.2 Å². The molecular weight excluding hydrogens is 336 g/mol. The highest BCUT2D eigenvalue weighted by atomic mass is 35.5. The van der Waals surface area contributed by atoms with Crippen LogP contribution in [0, 0.1) is 6.92 Å². The molecule has 0 radical (unpaired) electrons. The molecule has 0 spiro atoms. The first-order valence-corrected chi connectivity index (χ1v) is 9.40. The molecule has 0 atom stereocenters. The van der Waals surface area contributed by atoms with Crippen LogP contribution >= 0.6 is 11.6 Å². The molecule has 0 aliphatic heterocycles. The molecule has 3 rings (SSSR count). The molecule has 1 N–H and O–H groups in total. The third kappa shape index (κ3) is 3.91. The van der Waals surface area contributed by atoms with Gasteiger partial charge in [0.15, 0.2) is 0 Å². The van der Waals surface area contributed by atoms with Gasteiger partial charge in [-0.25, -0.2) is 4.79 Å². The first kappa shape index (κ1) is 18.4. The molecule has 0 amide bonds. The van der Waals surface area contributed by atoms with E-state index in [4.69, 9.17) is 16.0 Å². The number of nitrogens with zero attached hydrogens (tertiary/aromatic N) is 1. The Kier molecular flexibility index (Phi) is 5.52. The smallest absolute Gasteiger partial charge is 0.336 e. The van der Waals surface area contributed by atoms with E-state index < -0.39 is 0 Å². The minimum atomic E-state index is -0.314. The lowest BCUT2D eigenvalue weighted by molar-refractivity contribution is 0.0984. The molecule has 2 aromatic rings. The highest BCUT2D eigenvalue weighted by Gasteiger charge is 2.33. The van der Waals surface area contributed by atoms with Gasteiger partial charge in [0.05, 0.1) is 0 Å². The average molecular weight is 363 g/mol. The minimum absolute atomic E-state index is 0.210. The number of aryl methyl sites for hydroxylation is 1. The maximum Gasteiger partial charge on any atom is 0.336 e. The van der Waals surface area contributed by atoms with E-state index in [0.717, 1.165) is 23.1 Å². The van der Waals surface area contributed by atoms with E-state index in [9.17, 15) is 4.79 Å². The third-order valence-corrected chi connectivity index (χ3v) is 6.02. The maximum atomic E-state index is 11.9. The van der Waals surface area contributed by atoms with E-state index in [1.54, 1.807) is 6.07 Å². The van der Waals surface area contributed by atoms with Crippen molar-refractivity contribution in [3.8, 4) is 0 Å². The summed E-state index contributed by atoms with van der Waals surface area (Å²) in [6.07, 6.45) is 6.34. The SMILES string of the molecule is Cc1cc2oc(=O)cc(CNCC3(N(C)C)CCCCC3)c2cc1Cl. The summed E-state index contributed by atoms with van der Waals surface area (Å²) in [7, 11) is 4.34. The molecule has 1 aromatic heterocycles. The molecule has 1 saturated carbocycles. The molecule has 1 fully saturated rings. The Morgan fingerprint density at radius 3 is 2.60 bits per heavy atom. The lowest BCUT2D eigenvalue weighted by atomic mass is 9.80. The van der Waals surface area contributed by atoms with E-state index >= 15 is 0 Å². The van der Waals surface area contributed by atoms with Crippen LogP contribution in [0.25, 0.3) is 11.0 Å². The Labute approximate surface area is 154 Å². The van der Waals surface area contributed by atoms with Gasteiger partial charge in [-0.05, 0) is 57.1 Å². The molecular formula is C20H27ClN2O2. The lowest BCUT2D eigenvalue weighted by Crippen LogP contribution is -2.52. The number of hydrogen-bond acceptors (Lipinski definition) is 4. The quantitative estimate of drug-likeness (QED) is 0.813. The Hall–Kier alpha value is -1.36. The van der Waals surface area contributed by atoms with E-state index in [1.807, 2.05) is 19.1 Å². The van der Waals surface area contributed by atoms with Crippen molar-refractivity contribution in [1.29, 1.82) is 0 Å². The van der Waals surface area contributed by atoms with Gasteiger partial charge in [-0.1, -0.05) is 30.9 Å². The molecule has 4 nitrogen and oxygen atoms in total. The number of hydrogen-bond donors (Lipinski definition) is 1. The highest BCUT2D eigenvalue weighted by molar-refractivity contribution is 6.32. The van der Waals surface area contributed by atoms with Gasteiger partial charge in [0.2, 0.25) is 0 Å². The van der Waals surface area contributed by atoms with E-state index in [-0.39, 0.29) is 11.2 Å². The van der Waals surface area contributed by atoms with Crippen molar-refractivity contribution in [2.24, 2.45) is 0 Å². The summed E-state index contributed by atoms with van der Waals surface area (Å²) in [5, 5.41) is 5.18.